The third-order valence-corrected chi connectivity index (χ3v) is 5.95. The maximum absolute atomic E-state index is 13.8. The zero-order valence-electron chi connectivity index (χ0n) is 18.6. The predicted octanol–water partition coefficient (Wildman–Crippen LogP) is 2.14. The third kappa shape index (κ3) is 5.87. The molecule has 1 aromatic carbocycles. The molecule has 2 aliphatic heterocycles. The lowest BCUT2D eigenvalue weighted by atomic mass is 10.1. The van der Waals surface area contributed by atoms with Gasteiger partial charge in [-0.3, -0.25) is 19.4 Å². The molecule has 174 valence electrons. The second kappa shape index (κ2) is 11.6. The Labute approximate surface area is 190 Å². The first-order valence-corrected chi connectivity index (χ1v) is 10.9. The van der Waals surface area contributed by atoms with Crippen LogP contribution in [0.25, 0.3) is 0 Å². The van der Waals surface area contributed by atoms with Crippen LogP contribution in [0.1, 0.15) is 26.7 Å². The summed E-state index contributed by atoms with van der Waals surface area (Å²) >= 11 is 0. The second-order valence-electron chi connectivity index (χ2n) is 8.03. The Morgan fingerprint density at radius 2 is 1.84 bits per heavy atom. The Hall–Kier alpha value is -1.90. The summed E-state index contributed by atoms with van der Waals surface area (Å²) in [5.74, 6) is -0.0434. The van der Waals surface area contributed by atoms with E-state index in [4.69, 9.17) is 4.74 Å². The summed E-state index contributed by atoms with van der Waals surface area (Å²) in [7, 11) is 1.71. The van der Waals surface area contributed by atoms with Crippen molar-refractivity contribution in [3.63, 3.8) is 0 Å². The van der Waals surface area contributed by atoms with Crippen LogP contribution in [0.15, 0.2) is 18.2 Å². The molecule has 31 heavy (non-hydrogen) atoms. The molecule has 2 atom stereocenters. The zero-order chi connectivity index (χ0) is 21.7. The molecule has 0 aliphatic carbocycles. The number of halogens is 2. The van der Waals surface area contributed by atoms with Crippen LogP contribution in [0, 0.1) is 11.7 Å². The summed E-state index contributed by atoms with van der Waals surface area (Å²) in [6.07, 6.45) is 1.66. The number of piperazine rings is 1. The van der Waals surface area contributed by atoms with Crippen LogP contribution in [0.2, 0.25) is 0 Å². The molecule has 1 N–H and O–H groups in total. The number of hydrogen-bond acceptors (Lipinski definition) is 6. The summed E-state index contributed by atoms with van der Waals surface area (Å²) in [6, 6.07) is 4.28. The average Bonchev–Trinajstić information content (AvgIpc) is 2.96. The number of ether oxygens (including phenoxy) is 1. The van der Waals surface area contributed by atoms with Gasteiger partial charge in [-0.1, -0.05) is 13.8 Å². The maximum atomic E-state index is 13.8. The predicted molar refractivity (Wildman–Crippen MR) is 121 cm³/mol. The summed E-state index contributed by atoms with van der Waals surface area (Å²) < 4.78 is 19.6. The average molecular weight is 457 g/mol. The molecule has 2 aliphatic rings. The lowest BCUT2D eigenvalue weighted by Crippen LogP contribution is -2.47. The zero-order valence-corrected chi connectivity index (χ0v) is 19.4. The van der Waals surface area contributed by atoms with E-state index in [0.717, 1.165) is 57.0 Å². The van der Waals surface area contributed by atoms with Crippen molar-refractivity contribution in [2.75, 3.05) is 57.8 Å². The molecule has 1 aromatic rings. The number of likely N-dealkylation sites (N-methyl/N-ethyl adjacent to an activating group) is 1. The molecule has 2 saturated heterocycles. The highest BCUT2D eigenvalue weighted by Gasteiger charge is 2.43. The highest BCUT2D eigenvalue weighted by atomic mass is 35.5. The van der Waals surface area contributed by atoms with Crippen LogP contribution in [0.4, 0.5) is 10.1 Å². The fourth-order valence-corrected chi connectivity index (χ4v) is 4.21. The number of nitrogens with zero attached hydrogens (tertiary/aromatic N) is 3. The van der Waals surface area contributed by atoms with Gasteiger partial charge in [0.15, 0.2) is 0 Å². The van der Waals surface area contributed by atoms with Crippen molar-refractivity contribution in [3.05, 3.63) is 24.0 Å². The fourth-order valence-electron chi connectivity index (χ4n) is 4.21. The van der Waals surface area contributed by atoms with Gasteiger partial charge in [0.05, 0.1) is 24.3 Å². The smallest absolute Gasteiger partial charge is 0.247 e. The highest BCUT2D eigenvalue weighted by molar-refractivity contribution is 6.06. The summed E-state index contributed by atoms with van der Waals surface area (Å²) in [6.45, 7) is 9.00. The molecular formula is C22H34ClFN4O3. The third-order valence-electron chi connectivity index (χ3n) is 5.95. The highest BCUT2D eigenvalue weighted by Crippen LogP contribution is 2.30. The monoisotopic (exact) mass is 456 g/mol. The van der Waals surface area contributed by atoms with Gasteiger partial charge in [0, 0.05) is 38.8 Å². The van der Waals surface area contributed by atoms with Crippen LogP contribution in [-0.2, 0) is 9.59 Å². The van der Waals surface area contributed by atoms with E-state index in [-0.39, 0.29) is 36.0 Å². The molecule has 2 fully saturated rings. The minimum atomic E-state index is -0.406. The van der Waals surface area contributed by atoms with E-state index in [2.05, 4.69) is 15.1 Å². The molecule has 2 amide bonds. The standard InChI is InChI=1S/C22H33FN4O3.ClH/c1-4-14-30-19-7-6-17(23)15-18(19)26-12-10-25(11-13-26)8-5-9-27-21(28)16(2)20(24-3)22(27)29;/h6-7,15-16,20,24H,4-5,8-14H2,1-3H3;1H. The van der Waals surface area contributed by atoms with Crippen molar-refractivity contribution in [1.29, 1.82) is 0 Å². The van der Waals surface area contributed by atoms with Gasteiger partial charge in [0.25, 0.3) is 0 Å². The van der Waals surface area contributed by atoms with Gasteiger partial charge in [-0.2, -0.15) is 0 Å². The number of benzene rings is 1. The first kappa shape index (κ1) is 25.4. The van der Waals surface area contributed by atoms with Gasteiger partial charge in [0.2, 0.25) is 11.8 Å². The maximum Gasteiger partial charge on any atom is 0.247 e. The Kier molecular flexibility index (Phi) is 9.53. The van der Waals surface area contributed by atoms with Crippen molar-refractivity contribution in [3.8, 4) is 5.75 Å². The SMILES string of the molecule is CCCOc1ccc(F)cc1N1CCN(CCCN2C(=O)C(C)C(NC)C2=O)CC1.Cl. The van der Waals surface area contributed by atoms with Crippen molar-refractivity contribution in [2.24, 2.45) is 5.92 Å². The van der Waals surface area contributed by atoms with Crippen molar-refractivity contribution in [1.82, 2.24) is 15.1 Å². The van der Waals surface area contributed by atoms with Gasteiger partial charge in [-0.05, 0) is 38.6 Å². The number of nitrogens with one attached hydrogen (secondary N) is 1. The number of likely N-dealkylation sites (tertiary alicyclic amines) is 1. The Balaban J connectivity index is 0.00000341. The first-order valence-electron chi connectivity index (χ1n) is 10.9. The number of rotatable bonds is 9. The minimum absolute atomic E-state index is 0. The van der Waals surface area contributed by atoms with Gasteiger partial charge in [0.1, 0.15) is 11.6 Å². The molecule has 0 aromatic heterocycles. The Bertz CT molecular complexity index is 758. The van der Waals surface area contributed by atoms with E-state index >= 15 is 0 Å². The molecule has 7 nitrogen and oxygen atoms in total. The normalized spacial score (nSPS) is 22.1. The molecule has 0 bridgehead atoms. The molecule has 9 heteroatoms. The molecular weight excluding hydrogens is 423 g/mol. The lowest BCUT2D eigenvalue weighted by molar-refractivity contribution is -0.139. The molecule has 3 rings (SSSR count). The second-order valence-corrected chi connectivity index (χ2v) is 8.03. The van der Waals surface area contributed by atoms with Crippen LogP contribution in [0.3, 0.4) is 0 Å². The van der Waals surface area contributed by atoms with E-state index in [1.165, 1.54) is 11.0 Å². The van der Waals surface area contributed by atoms with E-state index in [1.54, 1.807) is 26.1 Å². The number of anilines is 1. The molecule has 2 unspecified atom stereocenters. The van der Waals surface area contributed by atoms with Gasteiger partial charge >= 0.3 is 0 Å². The quantitative estimate of drug-likeness (QED) is 0.574. The van der Waals surface area contributed by atoms with Crippen molar-refractivity contribution >= 4 is 29.9 Å². The fraction of sp³-hybridized carbons (Fsp3) is 0.636. The molecule has 0 spiro atoms. The van der Waals surface area contributed by atoms with Gasteiger partial charge < -0.3 is 15.0 Å². The summed E-state index contributed by atoms with van der Waals surface area (Å²) in [5.41, 5.74) is 0.809. The van der Waals surface area contributed by atoms with Crippen LogP contribution in [0.5, 0.6) is 5.75 Å². The molecule has 0 radical (unpaired) electrons. The summed E-state index contributed by atoms with van der Waals surface area (Å²) in [5, 5.41) is 2.94. The van der Waals surface area contributed by atoms with Crippen LogP contribution < -0.4 is 15.0 Å². The van der Waals surface area contributed by atoms with E-state index in [1.807, 2.05) is 6.92 Å². The van der Waals surface area contributed by atoms with E-state index in [0.29, 0.717) is 13.2 Å². The van der Waals surface area contributed by atoms with Crippen LogP contribution in [-0.4, -0.2) is 80.6 Å². The summed E-state index contributed by atoms with van der Waals surface area (Å²) in [4.78, 5) is 30.5. The number of carbonyl (C=O) groups is 2. The number of imide groups is 1. The first-order chi connectivity index (χ1) is 14.5. The number of carbonyl (C=O) groups excluding carboxylic acids is 2. The van der Waals surface area contributed by atoms with E-state index < -0.39 is 6.04 Å². The lowest BCUT2D eigenvalue weighted by Gasteiger charge is -2.37. The Morgan fingerprint density at radius 3 is 2.45 bits per heavy atom. The molecule has 2 heterocycles. The van der Waals surface area contributed by atoms with E-state index in [9.17, 15) is 14.0 Å². The Morgan fingerprint density at radius 1 is 1.13 bits per heavy atom. The van der Waals surface area contributed by atoms with Gasteiger partial charge in [-0.15, -0.1) is 12.4 Å². The number of amides is 2. The van der Waals surface area contributed by atoms with Crippen molar-refractivity contribution < 1.29 is 18.7 Å². The molecule has 0 saturated carbocycles. The number of hydrogen-bond donors (Lipinski definition) is 1. The van der Waals surface area contributed by atoms with Gasteiger partial charge in [-0.25, -0.2) is 4.39 Å². The topological polar surface area (TPSA) is 65.1 Å². The minimum Gasteiger partial charge on any atom is -0.491 e. The largest absolute Gasteiger partial charge is 0.491 e. The van der Waals surface area contributed by atoms with Crippen molar-refractivity contribution in [2.45, 2.75) is 32.7 Å². The van der Waals surface area contributed by atoms with Crippen LogP contribution >= 0.6 is 12.4 Å².